The van der Waals surface area contributed by atoms with Crippen LogP contribution in [0.1, 0.15) is 38.3 Å². The fraction of sp³-hybridized carbons (Fsp3) is 0.400. The summed E-state index contributed by atoms with van der Waals surface area (Å²) >= 11 is 0. The average Bonchev–Trinajstić information content (AvgIpc) is 3.43. The first-order valence-corrected chi connectivity index (χ1v) is 8.93. The van der Waals surface area contributed by atoms with E-state index in [9.17, 15) is 13.6 Å². The smallest absolute Gasteiger partial charge is 0.224 e. The van der Waals surface area contributed by atoms with E-state index in [4.69, 9.17) is 0 Å². The quantitative estimate of drug-likeness (QED) is 0.891. The van der Waals surface area contributed by atoms with Crippen LogP contribution < -0.4 is 10.2 Å². The molecule has 0 spiro atoms. The van der Waals surface area contributed by atoms with Gasteiger partial charge >= 0.3 is 0 Å². The molecule has 2 aromatic rings. The first-order valence-electron chi connectivity index (χ1n) is 8.93. The number of carbonyl (C=O) groups excluding carboxylic acids is 1. The maximum atomic E-state index is 14.0. The van der Waals surface area contributed by atoms with Crippen molar-refractivity contribution in [1.82, 2.24) is 4.98 Å². The molecule has 2 heterocycles. The van der Waals surface area contributed by atoms with E-state index in [1.807, 2.05) is 4.90 Å². The maximum Gasteiger partial charge on any atom is 0.224 e. The Morgan fingerprint density at radius 3 is 2.54 bits per heavy atom. The first kappa shape index (κ1) is 16.9. The molecule has 26 heavy (non-hydrogen) atoms. The summed E-state index contributed by atoms with van der Waals surface area (Å²) < 4.78 is 27.2. The Bertz CT molecular complexity index is 835. The van der Waals surface area contributed by atoms with Crippen molar-refractivity contribution in [2.24, 2.45) is 11.8 Å². The van der Waals surface area contributed by atoms with Gasteiger partial charge in [0, 0.05) is 30.1 Å². The van der Waals surface area contributed by atoms with Gasteiger partial charge in [-0.2, -0.15) is 0 Å². The largest absolute Gasteiger partial charge is 0.363 e. The summed E-state index contributed by atoms with van der Waals surface area (Å²) in [5.41, 5.74) is 1.48. The molecule has 4 nitrogen and oxygen atoms in total. The van der Waals surface area contributed by atoms with E-state index in [-0.39, 0.29) is 29.7 Å². The first-order chi connectivity index (χ1) is 12.5. The molecule has 1 aromatic heterocycles. The summed E-state index contributed by atoms with van der Waals surface area (Å²) in [5, 5.41) is 3.33. The van der Waals surface area contributed by atoms with Gasteiger partial charge in [0.1, 0.15) is 17.5 Å². The molecule has 0 bridgehead atoms. The van der Waals surface area contributed by atoms with E-state index in [2.05, 4.69) is 17.2 Å². The Kier molecular flexibility index (Phi) is 4.13. The normalized spacial score (nSPS) is 24.9. The van der Waals surface area contributed by atoms with E-state index >= 15 is 0 Å². The molecule has 1 amide bonds. The highest BCUT2D eigenvalue weighted by Gasteiger charge is 2.47. The molecule has 0 radical (unpaired) electrons. The number of hydrogen-bond donors (Lipinski definition) is 1. The van der Waals surface area contributed by atoms with Crippen molar-refractivity contribution >= 4 is 17.4 Å². The van der Waals surface area contributed by atoms with E-state index in [1.54, 1.807) is 19.1 Å². The Hall–Kier alpha value is -2.50. The minimum Gasteiger partial charge on any atom is -0.363 e. The lowest BCUT2D eigenvalue weighted by Gasteiger charge is -2.45. The van der Waals surface area contributed by atoms with Crippen molar-refractivity contribution < 1.29 is 13.6 Å². The highest BCUT2D eigenvalue weighted by Crippen LogP contribution is 2.49. The van der Waals surface area contributed by atoms with Gasteiger partial charge in [-0.15, -0.1) is 0 Å². The Balaban J connectivity index is 1.79. The monoisotopic (exact) mass is 357 g/mol. The lowest BCUT2D eigenvalue weighted by Crippen LogP contribution is -2.51. The maximum absolute atomic E-state index is 14.0. The van der Waals surface area contributed by atoms with E-state index in [0.29, 0.717) is 11.7 Å². The Morgan fingerprint density at radius 1 is 1.19 bits per heavy atom. The highest BCUT2D eigenvalue weighted by atomic mass is 19.1. The summed E-state index contributed by atoms with van der Waals surface area (Å²) in [7, 11) is 0. The lowest BCUT2D eigenvalue weighted by molar-refractivity contribution is -0.117. The minimum atomic E-state index is -0.405. The van der Waals surface area contributed by atoms with Gasteiger partial charge in [0.05, 0.1) is 12.2 Å². The number of pyridine rings is 1. The molecule has 1 aliphatic heterocycles. The van der Waals surface area contributed by atoms with Crippen LogP contribution in [-0.4, -0.2) is 16.9 Å². The topological polar surface area (TPSA) is 45.2 Å². The predicted molar refractivity (Wildman–Crippen MR) is 95.8 cm³/mol. The van der Waals surface area contributed by atoms with Crippen molar-refractivity contribution in [2.75, 3.05) is 10.2 Å². The molecule has 1 aromatic carbocycles. The fourth-order valence-corrected chi connectivity index (χ4v) is 4.16. The van der Waals surface area contributed by atoms with Gasteiger partial charge in [-0.05, 0) is 49.1 Å². The Morgan fingerprint density at radius 2 is 1.92 bits per heavy atom. The third-order valence-corrected chi connectivity index (χ3v) is 5.42. The number of aromatic nitrogens is 1. The van der Waals surface area contributed by atoms with E-state index < -0.39 is 5.82 Å². The van der Waals surface area contributed by atoms with Gasteiger partial charge in [0.2, 0.25) is 5.91 Å². The number of fused-ring (bicyclic) bond motifs is 1. The van der Waals surface area contributed by atoms with Crippen LogP contribution in [0.3, 0.4) is 0 Å². The van der Waals surface area contributed by atoms with Crippen LogP contribution in [0.25, 0.3) is 0 Å². The number of anilines is 2. The molecule has 3 atom stereocenters. The molecule has 2 aliphatic rings. The molecule has 1 fully saturated rings. The molecule has 0 unspecified atom stereocenters. The molecule has 1 saturated carbocycles. The van der Waals surface area contributed by atoms with Crippen molar-refractivity contribution in [1.29, 1.82) is 0 Å². The van der Waals surface area contributed by atoms with Crippen molar-refractivity contribution in [3.8, 4) is 0 Å². The standard InChI is InChI=1S/C20H21F2N3O/c1-11-19(24-18-8-6-15(22)10-23-18)16-9-14(21)5-7-17(16)25(12(2)26)20(11)13-3-4-13/h5-11,13,19-20H,3-4H2,1-2H3,(H,23,24)/t11-,19-,20-/m1/s1. The minimum absolute atomic E-state index is 0.0278. The predicted octanol–water partition coefficient (Wildman–Crippen LogP) is 4.29. The molecule has 6 heteroatoms. The molecule has 0 saturated heterocycles. The second-order valence-electron chi connectivity index (χ2n) is 7.26. The van der Waals surface area contributed by atoms with Gasteiger partial charge in [-0.1, -0.05) is 6.92 Å². The van der Waals surface area contributed by atoms with Crippen LogP contribution >= 0.6 is 0 Å². The van der Waals surface area contributed by atoms with Crippen molar-refractivity contribution in [2.45, 2.75) is 38.8 Å². The summed E-state index contributed by atoms with van der Waals surface area (Å²) in [5.74, 6) is 0.273. The van der Waals surface area contributed by atoms with Gasteiger partial charge in [0.15, 0.2) is 0 Å². The lowest BCUT2D eigenvalue weighted by atomic mass is 9.80. The summed E-state index contributed by atoms with van der Waals surface area (Å²) in [6.45, 7) is 3.64. The molecule has 1 aliphatic carbocycles. The third-order valence-electron chi connectivity index (χ3n) is 5.42. The number of hydrogen-bond acceptors (Lipinski definition) is 3. The van der Waals surface area contributed by atoms with Crippen LogP contribution in [0.2, 0.25) is 0 Å². The zero-order valence-corrected chi connectivity index (χ0v) is 14.7. The summed E-state index contributed by atoms with van der Waals surface area (Å²) in [4.78, 5) is 18.3. The number of carbonyl (C=O) groups is 1. The molecule has 4 rings (SSSR count). The van der Waals surface area contributed by atoms with Crippen molar-refractivity contribution in [3.63, 3.8) is 0 Å². The molecule has 136 valence electrons. The zero-order valence-electron chi connectivity index (χ0n) is 14.7. The van der Waals surface area contributed by atoms with Crippen LogP contribution in [-0.2, 0) is 4.79 Å². The van der Waals surface area contributed by atoms with Gasteiger partial charge in [0.25, 0.3) is 0 Å². The van der Waals surface area contributed by atoms with Crippen LogP contribution in [0.15, 0.2) is 36.5 Å². The number of rotatable bonds is 3. The third kappa shape index (κ3) is 2.93. The van der Waals surface area contributed by atoms with E-state index in [1.165, 1.54) is 18.2 Å². The SMILES string of the molecule is CC(=O)N1c2ccc(F)cc2[C@H](Nc2ccc(F)cn2)[C@@H](C)[C@@H]1C1CC1. The van der Waals surface area contributed by atoms with Crippen LogP contribution in [0.4, 0.5) is 20.3 Å². The van der Waals surface area contributed by atoms with Gasteiger partial charge in [-0.3, -0.25) is 4.79 Å². The zero-order chi connectivity index (χ0) is 18.4. The van der Waals surface area contributed by atoms with Gasteiger partial charge < -0.3 is 10.2 Å². The van der Waals surface area contributed by atoms with Crippen LogP contribution in [0.5, 0.6) is 0 Å². The van der Waals surface area contributed by atoms with Gasteiger partial charge in [-0.25, -0.2) is 13.8 Å². The Labute approximate surface area is 151 Å². The highest BCUT2D eigenvalue weighted by molar-refractivity contribution is 5.94. The van der Waals surface area contributed by atoms with Crippen molar-refractivity contribution in [3.05, 3.63) is 53.7 Å². The number of nitrogens with zero attached hydrogens (tertiary/aromatic N) is 2. The number of nitrogens with one attached hydrogen (secondary N) is 1. The second-order valence-corrected chi connectivity index (χ2v) is 7.26. The molecule has 1 N–H and O–H groups in total. The summed E-state index contributed by atoms with van der Waals surface area (Å²) in [6.07, 6.45) is 3.34. The van der Waals surface area contributed by atoms with E-state index in [0.717, 1.165) is 30.3 Å². The number of halogens is 2. The average molecular weight is 357 g/mol. The van der Waals surface area contributed by atoms with Crippen LogP contribution in [0, 0.1) is 23.5 Å². The summed E-state index contributed by atoms with van der Waals surface area (Å²) in [6, 6.07) is 7.32. The second kappa shape index (κ2) is 6.34. The molecular formula is C20H21F2N3O. The number of benzene rings is 1. The molecular weight excluding hydrogens is 336 g/mol. The number of amides is 1. The fourth-order valence-electron chi connectivity index (χ4n) is 4.16.